The maximum absolute atomic E-state index is 12.3. The van der Waals surface area contributed by atoms with E-state index < -0.39 is 0 Å². The van der Waals surface area contributed by atoms with Gasteiger partial charge in [0.2, 0.25) is 5.91 Å². The van der Waals surface area contributed by atoms with E-state index in [9.17, 15) is 4.79 Å². The topological polar surface area (TPSA) is 80.3 Å². The van der Waals surface area contributed by atoms with E-state index in [-0.39, 0.29) is 25.1 Å². The molecule has 5 heteroatoms. The van der Waals surface area contributed by atoms with E-state index in [1.165, 1.54) is 0 Å². The number of aliphatic hydroxyl groups excluding tert-OH is 1. The summed E-state index contributed by atoms with van der Waals surface area (Å²) in [5.74, 6) is -0.117. The second-order valence-electron chi connectivity index (χ2n) is 5.35. The fraction of sp³-hybridized carbons (Fsp3) is 0.235. The van der Waals surface area contributed by atoms with Crippen molar-refractivity contribution in [1.82, 2.24) is 9.88 Å². The molecule has 0 fully saturated rings. The van der Waals surface area contributed by atoms with E-state index in [1.54, 1.807) is 0 Å². The zero-order valence-corrected chi connectivity index (χ0v) is 12.4. The molecule has 2 aromatic carbocycles. The van der Waals surface area contributed by atoms with Gasteiger partial charge in [-0.05, 0) is 31.2 Å². The lowest BCUT2D eigenvalue weighted by Crippen LogP contribution is -2.32. The number of rotatable bonds is 4. The van der Waals surface area contributed by atoms with E-state index >= 15 is 0 Å². The van der Waals surface area contributed by atoms with Gasteiger partial charge >= 0.3 is 0 Å². The zero-order chi connectivity index (χ0) is 15.7. The Labute approximate surface area is 128 Å². The minimum atomic E-state index is -0.377. The molecule has 1 atom stereocenters. The average molecular weight is 297 g/mol. The number of benzene rings is 2. The van der Waals surface area contributed by atoms with Gasteiger partial charge in [0.15, 0.2) is 0 Å². The lowest BCUT2D eigenvalue weighted by Gasteiger charge is -2.16. The summed E-state index contributed by atoms with van der Waals surface area (Å²) in [7, 11) is 0. The van der Waals surface area contributed by atoms with Crippen molar-refractivity contribution in [3.63, 3.8) is 0 Å². The predicted octanol–water partition coefficient (Wildman–Crippen LogP) is 2.05. The van der Waals surface area contributed by atoms with Gasteiger partial charge in [-0.3, -0.25) is 4.79 Å². The molecular weight excluding hydrogens is 278 g/mol. The normalized spacial score (nSPS) is 12.6. The van der Waals surface area contributed by atoms with Crippen LogP contribution in [0.4, 0.5) is 5.69 Å². The molecule has 0 bridgehead atoms. The number of nitrogens with two attached hydrogens (primary N) is 1. The van der Waals surface area contributed by atoms with Crippen molar-refractivity contribution >= 4 is 33.4 Å². The molecule has 0 aliphatic heterocycles. The number of nitrogens with one attached hydrogen (secondary N) is 1. The lowest BCUT2D eigenvalue weighted by atomic mass is 10.1. The highest BCUT2D eigenvalue weighted by Crippen LogP contribution is 2.32. The SMILES string of the molecule is CC(C(=O)NCCO)n1c2ccccc2c2cc(N)ccc21. The third kappa shape index (κ3) is 2.29. The molecule has 0 radical (unpaired) electrons. The van der Waals surface area contributed by atoms with E-state index in [4.69, 9.17) is 10.8 Å². The monoisotopic (exact) mass is 297 g/mol. The van der Waals surface area contributed by atoms with Gasteiger partial charge in [-0.1, -0.05) is 18.2 Å². The van der Waals surface area contributed by atoms with Gasteiger partial charge in [-0.25, -0.2) is 0 Å². The minimum Gasteiger partial charge on any atom is -0.399 e. The summed E-state index contributed by atoms with van der Waals surface area (Å²) in [5, 5.41) is 13.7. The minimum absolute atomic E-state index is 0.0673. The number of carbonyl (C=O) groups excluding carboxylic acids is 1. The summed E-state index contributed by atoms with van der Waals surface area (Å²) in [4.78, 5) is 12.3. The molecule has 0 saturated carbocycles. The first-order chi connectivity index (χ1) is 10.6. The Balaban J connectivity index is 2.20. The van der Waals surface area contributed by atoms with Crippen molar-refractivity contribution in [3.8, 4) is 0 Å². The average Bonchev–Trinajstić information content (AvgIpc) is 2.85. The fourth-order valence-electron chi connectivity index (χ4n) is 2.88. The highest BCUT2D eigenvalue weighted by atomic mass is 16.3. The molecular formula is C17H19N3O2. The molecule has 3 aromatic rings. The van der Waals surface area contributed by atoms with Crippen molar-refractivity contribution in [1.29, 1.82) is 0 Å². The first-order valence-electron chi connectivity index (χ1n) is 7.30. The van der Waals surface area contributed by atoms with Crippen LogP contribution in [0, 0.1) is 0 Å². The number of nitrogens with zero attached hydrogens (tertiary/aromatic N) is 1. The van der Waals surface area contributed by atoms with Crippen molar-refractivity contribution in [3.05, 3.63) is 42.5 Å². The van der Waals surface area contributed by atoms with Crippen LogP contribution in [0.3, 0.4) is 0 Å². The lowest BCUT2D eigenvalue weighted by molar-refractivity contribution is -0.123. The van der Waals surface area contributed by atoms with Gasteiger partial charge in [0.1, 0.15) is 6.04 Å². The van der Waals surface area contributed by atoms with Gasteiger partial charge in [0, 0.05) is 34.0 Å². The quantitative estimate of drug-likeness (QED) is 0.645. The standard InChI is InChI=1S/C17H19N3O2/c1-11(17(22)19-8-9-21)20-15-5-3-2-4-13(15)14-10-12(18)6-7-16(14)20/h2-7,10-11,21H,8-9,18H2,1H3,(H,19,22). The molecule has 0 saturated heterocycles. The molecule has 0 aliphatic rings. The van der Waals surface area contributed by atoms with Gasteiger partial charge in [0.05, 0.1) is 6.61 Å². The summed E-state index contributed by atoms with van der Waals surface area (Å²) >= 11 is 0. The molecule has 1 aromatic heterocycles. The summed E-state index contributed by atoms with van der Waals surface area (Å²) in [6.07, 6.45) is 0. The van der Waals surface area contributed by atoms with E-state index in [0.717, 1.165) is 21.8 Å². The molecule has 4 N–H and O–H groups in total. The maximum Gasteiger partial charge on any atom is 0.242 e. The Morgan fingerprint density at radius 3 is 2.73 bits per heavy atom. The molecule has 3 rings (SSSR count). The second-order valence-corrected chi connectivity index (χ2v) is 5.35. The van der Waals surface area contributed by atoms with Gasteiger partial charge < -0.3 is 20.7 Å². The Bertz CT molecular complexity index is 838. The van der Waals surface area contributed by atoms with E-state index in [2.05, 4.69) is 5.32 Å². The summed E-state index contributed by atoms with van der Waals surface area (Å²) in [6.45, 7) is 2.05. The smallest absolute Gasteiger partial charge is 0.242 e. The van der Waals surface area contributed by atoms with Crippen LogP contribution in [-0.4, -0.2) is 28.7 Å². The summed E-state index contributed by atoms with van der Waals surface area (Å²) < 4.78 is 2.01. The molecule has 1 unspecified atom stereocenters. The zero-order valence-electron chi connectivity index (χ0n) is 12.4. The molecule has 1 amide bonds. The van der Waals surface area contributed by atoms with Crippen LogP contribution in [-0.2, 0) is 4.79 Å². The van der Waals surface area contributed by atoms with Crippen LogP contribution in [0.5, 0.6) is 0 Å². The van der Waals surface area contributed by atoms with Crippen LogP contribution < -0.4 is 11.1 Å². The Morgan fingerprint density at radius 1 is 1.23 bits per heavy atom. The number of aromatic nitrogens is 1. The summed E-state index contributed by atoms with van der Waals surface area (Å²) in [6, 6.07) is 13.3. The molecule has 1 heterocycles. The number of para-hydroxylation sites is 1. The van der Waals surface area contributed by atoms with Crippen molar-refractivity contribution < 1.29 is 9.90 Å². The number of aliphatic hydroxyl groups is 1. The summed E-state index contributed by atoms with van der Waals surface area (Å²) in [5.41, 5.74) is 8.58. The van der Waals surface area contributed by atoms with Gasteiger partial charge in [0.25, 0.3) is 0 Å². The number of fused-ring (bicyclic) bond motifs is 3. The van der Waals surface area contributed by atoms with Crippen molar-refractivity contribution in [2.75, 3.05) is 18.9 Å². The van der Waals surface area contributed by atoms with Crippen molar-refractivity contribution in [2.45, 2.75) is 13.0 Å². The first-order valence-corrected chi connectivity index (χ1v) is 7.30. The van der Waals surface area contributed by atoms with Crippen LogP contribution in [0.1, 0.15) is 13.0 Å². The second kappa shape index (κ2) is 5.69. The largest absolute Gasteiger partial charge is 0.399 e. The van der Waals surface area contributed by atoms with Crippen LogP contribution in [0.25, 0.3) is 21.8 Å². The maximum atomic E-state index is 12.3. The third-order valence-corrected chi connectivity index (χ3v) is 3.91. The van der Waals surface area contributed by atoms with Crippen molar-refractivity contribution in [2.24, 2.45) is 0 Å². The van der Waals surface area contributed by atoms with Crippen LogP contribution >= 0.6 is 0 Å². The Morgan fingerprint density at radius 2 is 1.95 bits per heavy atom. The molecule has 0 aliphatic carbocycles. The van der Waals surface area contributed by atoms with Gasteiger partial charge in [-0.2, -0.15) is 0 Å². The number of hydrogen-bond acceptors (Lipinski definition) is 3. The highest BCUT2D eigenvalue weighted by Gasteiger charge is 2.20. The third-order valence-electron chi connectivity index (χ3n) is 3.91. The Hall–Kier alpha value is -2.53. The predicted molar refractivity (Wildman–Crippen MR) is 88.7 cm³/mol. The van der Waals surface area contributed by atoms with Gasteiger partial charge in [-0.15, -0.1) is 0 Å². The fourth-order valence-corrected chi connectivity index (χ4v) is 2.88. The van der Waals surface area contributed by atoms with Crippen LogP contribution in [0.2, 0.25) is 0 Å². The van der Waals surface area contributed by atoms with Crippen LogP contribution in [0.15, 0.2) is 42.5 Å². The van der Waals surface area contributed by atoms with E-state index in [0.29, 0.717) is 5.69 Å². The molecule has 0 spiro atoms. The first kappa shape index (κ1) is 14.4. The highest BCUT2D eigenvalue weighted by molar-refractivity contribution is 6.09. The molecule has 22 heavy (non-hydrogen) atoms. The number of anilines is 1. The number of amides is 1. The number of nitrogen functional groups attached to an aromatic ring is 1. The number of hydrogen-bond donors (Lipinski definition) is 3. The Kier molecular flexibility index (Phi) is 3.73. The molecule has 5 nitrogen and oxygen atoms in total. The molecule has 114 valence electrons. The van der Waals surface area contributed by atoms with E-state index in [1.807, 2.05) is 54.0 Å². The number of carbonyl (C=O) groups is 1.